The predicted octanol–water partition coefficient (Wildman–Crippen LogP) is 6.36. The number of hydrogen-bond donors (Lipinski definition) is 3. The molecule has 0 aromatic heterocycles. The van der Waals surface area contributed by atoms with E-state index in [2.05, 4.69) is 103 Å². The van der Waals surface area contributed by atoms with Crippen molar-refractivity contribution in [3.8, 4) is 0 Å². The smallest absolute Gasteiger partial charge is 0.0397 e. The first-order chi connectivity index (χ1) is 15.6. The lowest BCUT2D eigenvalue weighted by atomic mass is 9.94. The number of allylic oxidation sites excluding steroid dienone is 5. The number of benzene rings is 2. The van der Waals surface area contributed by atoms with E-state index in [0.717, 1.165) is 38.8 Å². The van der Waals surface area contributed by atoms with E-state index in [1.54, 1.807) is 0 Å². The number of rotatable bonds is 12. The van der Waals surface area contributed by atoms with Crippen LogP contribution in [0.1, 0.15) is 50.3 Å². The Hall–Kier alpha value is -2.94. The zero-order chi connectivity index (χ0) is 22.8. The van der Waals surface area contributed by atoms with Crippen molar-refractivity contribution in [1.82, 2.24) is 10.6 Å². The molecule has 2 aromatic carbocycles. The maximum absolute atomic E-state index is 3.73. The molecule has 3 rings (SSSR count). The topological polar surface area (TPSA) is 36.1 Å². The van der Waals surface area contributed by atoms with Crippen LogP contribution in [-0.4, -0.2) is 13.6 Å². The quantitative estimate of drug-likeness (QED) is 0.367. The highest BCUT2D eigenvalue weighted by Gasteiger charge is 2.21. The van der Waals surface area contributed by atoms with Gasteiger partial charge in [0.1, 0.15) is 0 Å². The second-order valence-corrected chi connectivity index (χ2v) is 8.54. The molecule has 0 amide bonds. The molecule has 32 heavy (non-hydrogen) atoms. The fourth-order valence-electron chi connectivity index (χ4n) is 4.35. The Morgan fingerprint density at radius 3 is 2.53 bits per heavy atom. The van der Waals surface area contributed by atoms with Crippen molar-refractivity contribution in [3.63, 3.8) is 0 Å². The summed E-state index contributed by atoms with van der Waals surface area (Å²) in [6, 6.07) is 17.4. The zero-order valence-corrected chi connectivity index (χ0v) is 20.2. The molecule has 1 unspecified atom stereocenters. The van der Waals surface area contributed by atoms with Crippen LogP contribution in [0.5, 0.6) is 0 Å². The van der Waals surface area contributed by atoms with Crippen LogP contribution in [0, 0.1) is 5.92 Å². The van der Waals surface area contributed by atoms with Gasteiger partial charge >= 0.3 is 0 Å². The van der Waals surface area contributed by atoms with Gasteiger partial charge in [-0.25, -0.2) is 0 Å². The Balaban J connectivity index is 1.58. The highest BCUT2D eigenvalue weighted by Crippen LogP contribution is 2.30. The molecule has 170 valence electrons. The van der Waals surface area contributed by atoms with Crippen LogP contribution in [0.25, 0.3) is 0 Å². The van der Waals surface area contributed by atoms with Crippen molar-refractivity contribution >= 4 is 5.69 Å². The second-order valence-electron chi connectivity index (χ2n) is 8.54. The molecular weight excluding hydrogens is 390 g/mol. The highest BCUT2D eigenvalue weighted by atomic mass is 14.9. The average molecular weight is 430 g/mol. The summed E-state index contributed by atoms with van der Waals surface area (Å²) < 4.78 is 0. The van der Waals surface area contributed by atoms with Crippen molar-refractivity contribution in [2.24, 2.45) is 5.92 Å². The molecule has 0 saturated carbocycles. The maximum atomic E-state index is 3.73. The van der Waals surface area contributed by atoms with Gasteiger partial charge in [-0.3, -0.25) is 0 Å². The Labute approximate surface area is 194 Å². The molecule has 0 aliphatic heterocycles. The molecule has 3 nitrogen and oxygen atoms in total. The van der Waals surface area contributed by atoms with Crippen LogP contribution in [0.2, 0.25) is 0 Å². The molecule has 1 aliphatic rings. The SMILES string of the molecule is CCC=C(CC1C(C)=CC=C1NCCc1ccccc1)NCc1ccc(NC)c(CC)c1. The van der Waals surface area contributed by atoms with E-state index >= 15 is 0 Å². The number of anilines is 1. The average Bonchev–Trinajstić information content (AvgIpc) is 3.17. The third-order valence-electron chi connectivity index (χ3n) is 6.25. The summed E-state index contributed by atoms with van der Waals surface area (Å²) in [4.78, 5) is 0. The van der Waals surface area contributed by atoms with E-state index < -0.39 is 0 Å². The summed E-state index contributed by atoms with van der Waals surface area (Å²) in [7, 11) is 1.99. The monoisotopic (exact) mass is 429 g/mol. The molecule has 3 N–H and O–H groups in total. The fraction of sp³-hybridized carbons (Fsp3) is 0.379. The largest absolute Gasteiger partial charge is 0.388 e. The van der Waals surface area contributed by atoms with Crippen LogP contribution in [0.3, 0.4) is 0 Å². The Morgan fingerprint density at radius 2 is 1.81 bits per heavy atom. The van der Waals surface area contributed by atoms with Gasteiger partial charge in [-0.05, 0) is 61.4 Å². The van der Waals surface area contributed by atoms with E-state index in [1.165, 1.54) is 39.3 Å². The van der Waals surface area contributed by atoms with E-state index in [-0.39, 0.29) is 0 Å². The van der Waals surface area contributed by atoms with Gasteiger partial charge in [0.15, 0.2) is 0 Å². The van der Waals surface area contributed by atoms with Crippen LogP contribution < -0.4 is 16.0 Å². The molecule has 3 heteroatoms. The minimum atomic E-state index is 0.425. The van der Waals surface area contributed by atoms with Gasteiger partial charge in [-0.2, -0.15) is 0 Å². The van der Waals surface area contributed by atoms with Gasteiger partial charge in [-0.15, -0.1) is 0 Å². The van der Waals surface area contributed by atoms with E-state index in [9.17, 15) is 0 Å². The molecule has 0 heterocycles. The summed E-state index contributed by atoms with van der Waals surface area (Å²) in [6.07, 6.45) is 11.0. The molecule has 0 saturated heterocycles. The summed E-state index contributed by atoms with van der Waals surface area (Å²) in [5.41, 5.74) is 9.41. The second kappa shape index (κ2) is 12.2. The summed E-state index contributed by atoms with van der Waals surface area (Å²) >= 11 is 0. The van der Waals surface area contributed by atoms with Crippen molar-refractivity contribution < 1.29 is 0 Å². The normalized spacial score (nSPS) is 15.9. The van der Waals surface area contributed by atoms with Gasteiger partial charge in [0, 0.05) is 43.1 Å². The molecular formula is C29H39N3. The lowest BCUT2D eigenvalue weighted by Gasteiger charge is -2.22. The Kier molecular flexibility index (Phi) is 9.03. The van der Waals surface area contributed by atoms with Crippen LogP contribution in [0.4, 0.5) is 5.69 Å². The summed E-state index contributed by atoms with van der Waals surface area (Å²) in [5.74, 6) is 0.425. The minimum Gasteiger partial charge on any atom is -0.388 e. The molecule has 0 radical (unpaired) electrons. The third-order valence-corrected chi connectivity index (χ3v) is 6.25. The first-order valence-corrected chi connectivity index (χ1v) is 12.0. The number of nitrogens with one attached hydrogen (secondary N) is 3. The molecule has 0 fully saturated rings. The molecule has 0 bridgehead atoms. The zero-order valence-electron chi connectivity index (χ0n) is 20.2. The summed E-state index contributed by atoms with van der Waals surface area (Å²) in [6.45, 7) is 8.50. The van der Waals surface area contributed by atoms with Gasteiger partial charge in [0.2, 0.25) is 0 Å². The van der Waals surface area contributed by atoms with E-state index in [0.29, 0.717) is 5.92 Å². The van der Waals surface area contributed by atoms with Crippen LogP contribution in [0.15, 0.2) is 83.7 Å². The lowest BCUT2D eigenvalue weighted by molar-refractivity contribution is 0.600. The van der Waals surface area contributed by atoms with Crippen LogP contribution in [-0.2, 0) is 19.4 Å². The maximum Gasteiger partial charge on any atom is 0.0397 e. The van der Waals surface area contributed by atoms with Crippen molar-refractivity contribution in [2.45, 2.75) is 53.0 Å². The summed E-state index contributed by atoms with van der Waals surface area (Å²) in [5, 5.41) is 10.7. The van der Waals surface area contributed by atoms with Crippen molar-refractivity contribution in [3.05, 3.63) is 100 Å². The van der Waals surface area contributed by atoms with Crippen molar-refractivity contribution in [2.75, 3.05) is 18.9 Å². The molecule has 0 spiro atoms. The lowest BCUT2D eigenvalue weighted by Crippen LogP contribution is -2.24. The van der Waals surface area contributed by atoms with Gasteiger partial charge in [0.05, 0.1) is 0 Å². The molecule has 1 atom stereocenters. The minimum absolute atomic E-state index is 0.425. The number of hydrogen-bond acceptors (Lipinski definition) is 3. The number of aryl methyl sites for hydroxylation is 1. The first-order valence-electron chi connectivity index (χ1n) is 12.0. The predicted molar refractivity (Wildman–Crippen MR) is 139 cm³/mol. The van der Waals surface area contributed by atoms with Gasteiger partial charge in [-0.1, -0.05) is 74.0 Å². The van der Waals surface area contributed by atoms with Crippen molar-refractivity contribution in [1.29, 1.82) is 0 Å². The first kappa shape index (κ1) is 23.7. The third kappa shape index (κ3) is 6.53. The van der Waals surface area contributed by atoms with Crippen LogP contribution >= 0.6 is 0 Å². The van der Waals surface area contributed by atoms with Gasteiger partial charge in [0.25, 0.3) is 0 Å². The standard InChI is InChI=1S/C29H39N3/c1-5-10-26(32-21-24-14-16-28(30-4)25(6-2)19-24)20-27-22(3)13-15-29(27)31-18-17-23-11-8-7-9-12-23/h7-16,19,27,30-32H,5-6,17-18,20-21H2,1-4H3. The molecule has 1 aliphatic carbocycles. The highest BCUT2D eigenvalue weighted by molar-refractivity contribution is 5.52. The van der Waals surface area contributed by atoms with E-state index in [4.69, 9.17) is 0 Å². The van der Waals surface area contributed by atoms with Gasteiger partial charge < -0.3 is 16.0 Å². The molecule has 2 aromatic rings. The Bertz CT molecular complexity index is 954. The van der Waals surface area contributed by atoms with E-state index in [1.807, 2.05) is 7.05 Å². The fourth-order valence-corrected chi connectivity index (χ4v) is 4.35. The Morgan fingerprint density at radius 1 is 1.00 bits per heavy atom.